The van der Waals surface area contributed by atoms with Crippen LogP contribution in [0.2, 0.25) is 0 Å². The van der Waals surface area contributed by atoms with E-state index in [1.54, 1.807) is 11.8 Å². The highest BCUT2D eigenvalue weighted by Gasteiger charge is 2.05. The largest absolute Gasteiger partial charge is 0.352 e. The fourth-order valence-corrected chi connectivity index (χ4v) is 1.63. The SMILES string of the molecule is [C]1SC=CN1Cc1ccccc1. The molecule has 2 radical (unpaired) electrons. The van der Waals surface area contributed by atoms with Crippen molar-refractivity contribution in [2.24, 2.45) is 0 Å². The van der Waals surface area contributed by atoms with Crippen molar-refractivity contribution in [2.45, 2.75) is 6.54 Å². The second-order valence-electron chi connectivity index (χ2n) is 2.61. The molecular formula is C10H9NS. The molecule has 1 aromatic carbocycles. The van der Waals surface area contributed by atoms with Crippen molar-refractivity contribution in [3.63, 3.8) is 0 Å². The van der Waals surface area contributed by atoms with Crippen LogP contribution in [0, 0.1) is 5.88 Å². The maximum Gasteiger partial charge on any atom is 0.163 e. The molecule has 0 aromatic heterocycles. The summed E-state index contributed by atoms with van der Waals surface area (Å²) in [6, 6.07) is 10.4. The van der Waals surface area contributed by atoms with Crippen LogP contribution in [0.5, 0.6) is 0 Å². The third-order valence-electron chi connectivity index (χ3n) is 1.67. The van der Waals surface area contributed by atoms with Crippen LogP contribution >= 0.6 is 11.8 Å². The van der Waals surface area contributed by atoms with Gasteiger partial charge in [-0.3, -0.25) is 0 Å². The summed E-state index contributed by atoms with van der Waals surface area (Å²) in [7, 11) is 0. The van der Waals surface area contributed by atoms with Crippen molar-refractivity contribution in [3.05, 3.63) is 53.4 Å². The number of hydrogen-bond donors (Lipinski definition) is 0. The summed E-state index contributed by atoms with van der Waals surface area (Å²) in [6.07, 6.45) is 2.04. The van der Waals surface area contributed by atoms with E-state index in [-0.39, 0.29) is 0 Å². The minimum absolute atomic E-state index is 0.921. The van der Waals surface area contributed by atoms with Gasteiger partial charge in [0.25, 0.3) is 0 Å². The van der Waals surface area contributed by atoms with Crippen molar-refractivity contribution in [2.75, 3.05) is 0 Å². The lowest BCUT2D eigenvalue weighted by Crippen LogP contribution is -2.07. The molecule has 1 aliphatic heterocycles. The van der Waals surface area contributed by atoms with Crippen LogP contribution < -0.4 is 0 Å². The standard InChI is InChI=1S/C10H9NS/c1-2-4-10(5-3-1)8-11-6-7-12-9-11/h1-7H,8H2. The van der Waals surface area contributed by atoms with Gasteiger partial charge in [-0.05, 0) is 11.0 Å². The van der Waals surface area contributed by atoms with E-state index in [2.05, 4.69) is 35.0 Å². The van der Waals surface area contributed by atoms with Crippen LogP contribution in [0.25, 0.3) is 0 Å². The van der Waals surface area contributed by atoms with E-state index in [0.29, 0.717) is 0 Å². The molecule has 0 unspecified atom stereocenters. The van der Waals surface area contributed by atoms with Crippen molar-refractivity contribution in [3.8, 4) is 0 Å². The van der Waals surface area contributed by atoms with E-state index in [4.69, 9.17) is 0 Å². The number of hydrogen-bond acceptors (Lipinski definition) is 2. The first-order chi connectivity index (χ1) is 5.95. The van der Waals surface area contributed by atoms with Gasteiger partial charge in [-0.1, -0.05) is 42.1 Å². The number of rotatable bonds is 2. The zero-order chi connectivity index (χ0) is 8.23. The highest BCUT2D eigenvalue weighted by molar-refractivity contribution is 8.04. The molecule has 1 aliphatic rings. The Labute approximate surface area is 77.1 Å². The fourth-order valence-electron chi connectivity index (χ4n) is 1.10. The maximum atomic E-state index is 3.14. The van der Waals surface area contributed by atoms with Gasteiger partial charge in [0, 0.05) is 12.7 Å². The first kappa shape index (κ1) is 7.74. The highest BCUT2D eigenvalue weighted by atomic mass is 32.2. The average molecular weight is 175 g/mol. The number of thioether (sulfide) groups is 1. The average Bonchev–Trinajstić information content (AvgIpc) is 2.59. The molecule has 1 heterocycles. The first-order valence-corrected chi connectivity index (χ1v) is 4.72. The van der Waals surface area contributed by atoms with Gasteiger partial charge < -0.3 is 4.90 Å². The minimum Gasteiger partial charge on any atom is -0.352 e. The molecule has 0 atom stereocenters. The van der Waals surface area contributed by atoms with Crippen molar-refractivity contribution < 1.29 is 0 Å². The molecule has 0 bridgehead atoms. The molecule has 0 saturated carbocycles. The highest BCUT2D eigenvalue weighted by Crippen LogP contribution is 2.21. The summed E-state index contributed by atoms with van der Waals surface area (Å²) < 4.78 is 0. The van der Waals surface area contributed by atoms with Crippen LogP contribution in [0.3, 0.4) is 0 Å². The van der Waals surface area contributed by atoms with E-state index in [1.165, 1.54) is 5.56 Å². The molecular weight excluding hydrogens is 166 g/mol. The molecule has 2 rings (SSSR count). The second-order valence-corrected chi connectivity index (χ2v) is 3.30. The summed E-state index contributed by atoms with van der Waals surface area (Å²) in [5, 5.41) is 2.03. The van der Waals surface area contributed by atoms with Crippen LogP contribution in [0.15, 0.2) is 41.9 Å². The summed E-state index contributed by atoms with van der Waals surface area (Å²) in [4.78, 5) is 2.06. The molecule has 1 nitrogen and oxygen atoms in total. The summed E-state index contributed by atoms with van der Waals surface area (Å²) in [5.41, 5.74) is 1.32. The predicted molar refractivity (Wildman–Crippen MR) is 52.0 cm³/mol. The van der Waals surface area contributed by atoms with E-state index in [0.717, 1.165) is 6.54 Å². The van der Waals surface area contributed by atoms with Crippen LogP contribution in [-0.2, 0) is 6.54 Å². The van der Waals surface area contributed by atoms with Gasteiger partial charge in [0.1, 0.15) is 0 Å². The van der Waals surface area contributed by atoms with Gasteiger partial charge in [0.15, 0.2) is 5.88 Å². The maximum absolute atomic E-state index is 3.14. The van der Waals surface area contributed by atoms with Crippen LogP contribution in [0.1, 0.15) is 5.56 Å². The smallest absolute Gasteiger partial charge is 0.163 e. The fraction of sp³-hybridized carbons (Fsp3) is 0.100. The lowest BCUT2D eigenvalue weighted by atomic mass is 10.2. The van der Waals surface area contributed by atoms with Crippen LogP contribution in [-0.4, -0.2) is 4.90 Å². The lowest BCUT2D eigenvalue weighted by Gasteiger charge is -2.12. The van der Waals surface area contributed by atoms with E-state index < -0.39 is 0 Å². The summed E-state index contributed by atoms with van der Waals surface area (Å²) in [5.74, 6) is 3.14. The zero-order valence-corrected chi connectivity index (χ0v) is 7.42. The molecule has 2 heteroatoms. The molecule has 12 heavy (non-hydrogen) atoms. The Morgan fingerprint density at radius 1 is 1.25 bits per heavy atom. The molecule has 0 fully saturated rings. The minimum atomic E-state index is 0.921. The first-order valence-electron chi connectivity index (χ1n) is 3.84. The predicted octanol–water partition coefficient (Wildman–Crippen LogP) is 2.70. The topological polar surface area (TPSA) is 3.24 Å². The molecule has 0 saturated heterocycles. The Kier molecular flexibility index (Phi) is 2.37. The molecule has 0 amide bonds. The monoisotopic (exact) mass is 175 g/mol. The Hall–Kier alpha value is -0.890. The number of benzene rings is 1. The Morgan fingerprint density at radius 3 is 2.75 bits per heavy atom. The Bertz CT molecular complexity index is 268. The Morgan fingerprint density at radius 2 is 2.08 bits per heavy atom. The second kappa shape index (κ2) is 3.68. The molecule has 60 valence electrons. The third-order valence-corrected chi connectivity index (χ3v) is 2.27. The lowest BCUT2D eigenvalue weighted by molar-refractivity contribution is 0.490. The Balaban J connectivity index is 1.99. The van der Waals surface area contributed by atoms with Crippen molar-refractivity contribution >= 4 is 11.8 Å². The van der Waals surface area contributed by atoms with Gasteiger partial charge in [0.05, 0.1) is 0 Å². The van der Waals surface area contributed by atoms with Gasteiger partial charge in [-0.25, -0.2) is 0 Å². The van der Waals surface area contributed by atoms with E-state index in [1.807, 2.05) is 17.7 Å². The summed E-state index contributed by atoms with van der Waals surface area (Å²) >= 11 is 1.60. The molecule has 0 aliphatic carbocycles. The van der Waals surface area contributed by atoms with E-state index in [9.17, 15) is 0 Å². The molecule has 0 N–H and O–H groups in total. The van der Waals surface area contributed by atoms with Crippen molar-refractivity contribution in [1.29, 1.82) is 0 Å². The normalized spacial score (nSPS) is 15.5. The molecule has 0 spiro atoms. The molecule has 1 aromatic rings. The van der Waals surface area contributed by atoms with Crippen molar-refractivity contribution in [1.82, 2.24) is 4.90 Å². The van der Waals surface area contributed by atoms with Crippen LogP contribution in [0.4, 0.5) is 0 Å². The zero-order valence-electron chi connectivity index (χ0n) is 6.60. The quantitative estimate of drug-likeness (QED) is 0.680. The third kappa shape index (κ3) is 1.83. The number of nitrogens with zero attached hydrogens (tertiary/aromatic N) is 1. The summed E-state index contributed by atoms with van der Waals surface area (Å²) in [6.45, 7) is 0.921. The van der Waals surface area contributed by atoms with E-state index >= 15 is 0 Å². The van der Waals surface area contributed by atoms with Gasteiger partial charge in [0.2, 0.25) is 0 Å². The van der Waals surface area contributed by atoms with Gasteiger partial charge in [-0.2, -0.15) is 0 Å². The van der Waals surface area contributed by atoms with Gasteiger partial charge in [-0.15, -0.1) is 0 Å². The van der Waals surface area contributed by atoms with Gasteiger partial charge >= 0.3 is 0 Å².